The van der Waals surface area contributed by atoms with Gasteiger partial charge in [-0.2, -0.15) is 13.2 Å². The van der Waals surface area contributed by atoms with E-state index in [-0.39, 0.29) is 13.0 Å². The predicted molar refractivity (Wildman–Crippen MR) is 64.5 cm³/mol. The van der Waals surface area contributed by atoms with Crippen LogP contribution in [0.2, 0.25) is 0 Å². The van der Waals surface area contributed by atoms with Gasteiger partial charge >= 0.3 is 18.1 Å². The third-order valence-electron chi connectivity index (χ3n) is 2.63. The molecular formula is C13H13F4NO3. The van der Waals surface area contributed by atoms with Crippen molar-refractivity contribution in [3.8, 4) is 0 Å². The quantitative estimate of drug-likeness (QED) is 0.619. The number of hydrogen-bond donors (Lipinski definition) is 0. The lowest BCUT2D eigenvalue weighted by Crippen LogP contribution is -2.41. The fourth-order valence-corrected chi connectivity index (χ4v) is 1.57. The first-order valence-corrected chi connectivity index (χ1v) is 5.91. The Balaban J connectivity index is 2.83. The smallest absolute Gasteiger partial charge is 0.469 e. The average Bonchev–Trinajstić information content (AvgIpc) is 2.43. The minimum Gasteiger partial charge on any atom is -0.469 e. The molecule has 0 heterocycles. The number of esters is 1. The molecule has 0 saturated heterocycles. The van der Waals surface area contributed by atoms with E-state index in [2.05, 4.69) is 4.74 Å². The van der Waals surface area contributed by atoms with Crippen LogP contribution in [0.25, 0.3) is 0 Å². The van der Waals surface area contributed by atoms with E-state index in [4.69, 9.17) is 0 Å². The Morgan fingerprint density at radius 2 is 1.76 bits per heavy atom. The highest BCUT2D eigenvalue weighted by molar-refractivity contribution is 5.82. The molecule has 1 aromatic rings. The van der Waals surface area contributed by atoms with Gasteiger partial charge in [-0.3, -0.25) is 9.59 Å². The molecule has 0 aliphatic heterocycles. The van der Waals surface area contributed by atoms with Crippen LogP contribution >= 0.6 is 0 Å². The van der Waals surface area contributed by atoms with E-state index in [0.717, 1.165) is 19.2 Å². The molecule has 0 saturated carbocycles. The summed E-state index contributed by atoms with van der Waals surface area (Å²) in [4.78, 5) is 22.8. The van der Waals surface area contributed by atoms with Gasteiger partial charge in [0.15, 0.2) is 0 Å². The molecule has 0 aliphatic rings. The summed E-state index contributed by atoms with van der Waals surface area (Å²) >= 11 is 0. The number of nitrogens with zero attached hydrogens (tertiary/aromatic N) is 1. The molecule has 0 fully saturated rings. The minimum absolute atomic E-state index is 0.318. The van der Waals surface area contributed by atoms with Crippen molar-refractivity contribution in [2.24, 2.45) is 0 Å². The Bertz CT molecular complexity index is 499. The van der Waals surface area contributed by atoms with Crippen LogP contribution < -0.4 is 0 Å². The van der Waals surface area contributed by atoms with Crippen molar-refractivity contribution >= 4 is 11.9 Å². The van der Waals surface area contributed by atoms with Crippen molar-refractivity contribution in [1.82, 2.24) is 4.90 Å². The molecule has 0 N–H and O–H groups in total. The van der Waals surface area contributed by atoms with E-state index in [1.165, 1.54) is 12.1 Å². The molecule has 116 valence electrons. The van der Waals surface area contributed by atoms with Crippen LogP contribution in [-0.4, -0.2) is 36.6 Å². The maximum absolute atomic E-state index is 12.7. The van der Waals surface area contributed by atoms with Crippen molar-refractivity contribution in [1.29, 1.82) is 0 Å². The second-order valence-corrected chi connectivity index (χ2v) is 4.18. The highest BCUT2D eigenvalue weighted by Gasteiger charge is 2.42. The van der Waals surface area contributed by atoms with Gasteiger partial charge in [-0.15, -0.1) is 0 Å². The fraction of sp³-hybridized carbons (Fsp3) is 0.385. The molecule has 1 aromatic carbocycles. The Morgan fingerprint density at radius 3 is 2.24 bits per heavy atom. The van der Waals surface area contributed by atoms with Gasteiger partial charge in [0.1, 0.15) is 5.82 Å². The van der Waals surface area contributed by atoms with Gasteiger partial charge < -0.3 is 9.64 Å². The Hall–Kier alpha value is -2.12. The predicted octanol–water partition coefficient (Wildman–Crippen LogP) is 2.28. The van der Waals surface area contributed by atoms with Gasteiger partial charge in [-0.1, -0.05) is 12.1 Å². The second kappa shape index (κ2) is 7.05. The maximum Gasteiger partial charge on any atom is 0.471 e. The molecule has 1 amide bonds. The van der Waals surface area contributed by atoms with Crippen molar-refractivity contribution in [3.05, 3.63) is 35.6 Å². The van der Waals surface area contributed by atoms with Crippen LogP contribution in [0, 0.1) is 5.82 Å². The van der Waals surface area contributed by atoms with Crippen LogP contribution in [-0.2, 0) is 20.9 Å². The van der Waals surface area contributed by atoms with E-state index in [1.54, 1.807) is 0 Å². The molecule has 0 aliphatic carbocycles. The third kappa shape index (κ3) is 5.41. The molecule has 0 bridgehead atoms. The molecule has 0 unspecified atom stereocenters. The van der Waals surface area contributed by atoms with E-state index in [9.17, 15) is 27.2 Å². The molecule has 8 heteroatoms. The Morgan fingerprint density at radius 1 is 1.19 bits per heavy atom. The zero-order valence-corrected chi connectivity index (χ0v) is 11.1. The number of carbonyl (C=O) groups excluding carboxylic acids is 2. The minimum atomic E-state index is -5.05. The number of amides is 1. The summed E-state index contributed by atoms with van der Waals surface area (Å²) in [6.45, 7) is -0.821. The number of rotatable bonds is 5. The first-order chi connectivity index (χ1) is 9.74. The Kier molecular flexibility index (Phi) is 5.69. The standard InChI is InChI=1S/C13H13F4NO3/c1-21-11(19)6-7-18(12(20)13(15,16)17)8-9-2-4-10(14)5-3-9/h2-5H,6-8H2,1H3. The van der Waals surface area contributed by atoms with Crippen LogP contribution in [0.1, 0.15) is 12.0 Å². The summed E-state index contributed by atoms with van der Waals surface area (Å²) in [5.41, 5.74) is 0.318. The summed E-state index contributed by atoms with van der Waals surface area (Å²) in [6, 6.07) is 4.69. The normalized spacial score (nSPS) is 11.1. The van der Waals surface area contributed by atoms with Crippen LogP contribution in [0.3, 0.4) is 0 Å². The SMILES string of the molecule is COC(=O)CCN(Cc1ccc(F)cc1)C(=O)C(F)(F)F. The maximum atomic E-state index is 12.7. The third-order valence-corrected chi connectivity index (χ3v) is 2.63. The summed E-state index contributed by atoms with van der Waals surface area (Å²) in [5, 5.41) is 0. The largest absolute Gasteiger partial charge is 0.471 e. The molecule has 0 atom stereocenters. The highest BCUT2D eigenvalue weighted by atomic mass is 19.4. The van der Waals surface area contributed by atoms with Gasteiger partial charge in [-0.05, 0) is 17.7 Å². The fourth-order valence-electron chi connectivity index (χ4n) is 1.57. The second-order valence-electron chi connectivity index (χ2n) is 4.18. The Labute approximate surface area is 118 Å². The molecule has 4 nitrogen and oxygen atoms in total. The lowest BCUT2D eigenvalue weighted by molar-refractivity contribution is -0.186. The van der Waals surface area contributed by atoms with Crippen molar-refractivity contribution in [2.45, 2.75) is 19.1 Å². The molecule has 1 rings (SSSR count). The van der Waals surface area contributed by atoms with Gasteiger partial charge in [0.25, 0.3) is 0 Å². The molecule has 0 radical (unpaired) electrons. The summed E-state index contributed by atoms with van der Waals surface area (Å²) in [5.74, 6) is -3.33. The summed E-state index contributed by atoms with van der Waals surface area (Å²) < 4.78 is 54.6. The van der Waals surface area contributed by atoms with Gasteiger partial charge in [0, 0.05) is 13.1 Å². The van der Waals surface area contributed by atoms with Gasteiger partial charge in [0.2, 0.25) is 0 Å². The lowest BCUT2D eigenvalue weighted by atomic mass is 10.2. The van der Waals surface area contributed by atoms with Crippen molar-refractivity contribution in [3.63, 3.8) is 0 Å². The molecule has 0 spiro atoms. The van der Waals surface area contributed by atoms with E-state index in [1.807, 2.05) is 0 Å². The molecule has 21 heavy (non-hydrogen) atoms. The number of methoxy groups -OCH3 is 1. The van der Waals surface area contributed by atoms with Crippen LogP contribution in [0.5, 0.6) is 0 Å². The van der Waals surface area contributed by atoms with Crippen LogP contribution in [0.15, 0.2) is 24.3 Å². The van der Waals surface area contributed by atoms with E-state index >= 15 is 0 Å². The monoisotopic (exact) mass is 307 g/mol. The first kappa shape index (κ1) is 16.9. The zero-order valence-electron chi connectivity index (χ0n) is 11.1. The number of benzene rings is 1. The van der Waals surface area contributed by atoms with Gasteiger partial charge in [0.05, 0.1) is 13.5 Å². The number of hydrogen-bond acceptors (Lipinski definition) is 3. The first-order valence-electron chi connectivity index (χ1n) is 5.91. The van der Waals surface area contributed by atoms with Crippen molar-refractivity contribution < 1.29 is 31.9 Å². The lowest BCUT2D eigenvalue weighted by Gasteiger charge is -2.23. The average molecular weight is 307 g/mol. The van der Waals surface area contributed by atoms with Gasteiger partial charge in [-0.25, -0.2) is 4.39 Å². The molecular weight excluding hydrogens is 294 g/mol. The number of ether oxygens (including phenoxy) is 1. The molecule has 0 aromatic heterocycles. The van der Waals surface area contributed by atoms with Crippen LogP contribution in [0.4, 0.5) is 17.6 Å². The number of alkyl halides is 3. The zero-order chi connectivity index (χ0) is 16.0. The highest BCUT2D eigenvalue weighted by Crippen LogP contribution is 2.20. The summed E-state index contributed by atoms with van der Waals surface area (Å²) in [7, 11) is 1.10. The van der Waals surface area contributed by atoms with E-state index in [0.29, 0.717) is 10.5 Å². The summed E-state index contributed by atoms with van der Waals surface area (Å²) in [6.07, 6.45) is -5.41. The van der Waals surface area contributed by atoms with Crippen molar-refractivity contribution in [2.75, 3.05) is 13.7 Å². The number of halogens is 4. The topological polar surface area (TPSA) is 46.6 Å². The van der Waals surface area contributed by atoms with E-state index < -0.39 is 30.4 Å². The number of carbonyl (C=O) groups is 2.